The van der Waals surface area contributed by atoms with Crippen molar-refractivity contribution in [3.05, 3.63) is 65.7 Å². The van der Waals surface area contributed by atoms with Crippen LogP contribution in [0.5, 0.6) is 5.75 Å². The lowest BCUT2D eigenvalue weighted by Crippen LogP contribution is -2.38. The average Bonchev–Trinajstić information content (AvgIpc) is 2.55. The normalized spacial score (nSPS) is 11.7. The van der Waals surface area contributed by atoms with Gasteiger partial charge < -0.3 is 15.2 Å². The van der Waals surface area contributed by atoms with E-state index in [0.29, 0.717) is 5.75 Å². The van der Waals surface area contributed by atoms with E-state index in [0.717, 1.165) is 12.0 Å². The van der Waals surface area contributed by atoms with E-state index in [1.54, 1.807) is 6.92 Å². The molecule has 1 atom stereocenters. The van der Waals surface area contributed by atoms with Gasteiger partial charge in [0.1, 0.15) is 5.75 Å². The van der Waals surface area contributed by atoms with Gasteiger partial charge in [-0.25, -0.2) is 0 Å². The van der Waals surface area contributed by atoms with Gasteiger partial charge in [0, 0.05) is 12.5 Å². The van der Waals surface area contributed by atoms with E-state index >= 15 is 0 Å². The van der Waals surface area contributed by atoms with Gasteiger partial charge in [-0.2, -0.15) is 0 Å². The fourth-order valence-electron chi connectivity index (χ4n) is 2.11. The molecule has 116 valence electrons. The highest BCUT2D eigenvalue weighted by molar-refractivity contribution is 5.77. The standard InChI is InChI=1S/C18H21NO3/c1-14(12-20)19-18(21)13-22-17-10-6-5-9-16(17)11-15-7-3-2-4-8-15/h2-10,14,20H,11-13H2,1H3,(H,19,21). The smallest absolute Gasteiger partial charge is 0.258 e. The van der Waals surface area contributed by atoms with Crippen LogP contribution in [0, 0.1) is 0 Å². The van der Waals surface area contributed by atoms with Crippen molar-refractivity contribution in [3.63, 3.8) is 0 Å². The molecule has 4 nitrogen and oxygen atoms in total. The number of hydrogen-bond donors (Lipinski definition) is 2. The molecule has 0 aromatic heterocycles. The molecule has 22 heavy (non-hydrogen) atoms. The summed E-state index contributed by atoms with van der Waals surface area (Å²) in [5.41, 5.74) is 2.23. The number of ether oxygens (including phenoxy) is 1. The summed E-state index contributed by atoms with van der Waals surface area (Å²) >= 11 is 0. The van der Waals surface area contributed by atoms with Crippen LogP contribution in [-0.4, -0.2) is 30.3 Å². The zero-order valence-electron chi connectivity index (χ0n) is 12.7. The Bertz CT molecular complexity index is 598. The van der Waals surface area contributed by atoms with E-state index in [-0.39, 0.29) is 25.2 Å². The Morgan fingerprint density at radius 3 is 2.55 bits per heavy atom. The zero-order chi connectivity index (χ0) is 15.8. The van der Waals surface area contributed by atoms with Gasteiger partial charge in [0.2, 0.25) is 0 Å². The number of carbonyl (C=O) groups excluding carboxylic acids is 1. The third-order valence-corrected chi connectivity index (χ3v) is 3.25. The highest BCUT2D eigenvalue weighted by Crippen LogP contribution is 2.21. The van der Waals surface area contributed by atoms with E-state index < -0.39 is 0 Å². The zero-order valence-corrected chi connectivity index (χ0v) is 12.7. The summed E-state index contributed by atoms with van der Waals surface area (Å²) in [5.74, 6) is 0.467. The second-order valence-electron chi connectivity index (χ2n) is 5.21. The van der Waals surface area contributed by atoms with Gasteiger partial charge in [-0.1, -0.05) is 48.5 Å². The molecule has 0 saturated heterocycles. The number of amides is 1. The van der Waals surface area contributed by atoms with E-state index in [9.17, 15) is 4.79 Å². The Kier molecular flexibility index (Phi) is 5.98. The van der Waals surface area contributed by atoms with Gasteiger partial charge in [0.25, 0.3) is 5.91 Å². The van der Waals surface area contributed by atoms with Crippen molar-refractivity contribution < 1.29 is 14.6 Å². The molecule has 2 N–H and O–H groups in total. The average molecular weight is 299 g/mol. The number of aliphatic hydroxyl groups excluding tert-OH is 1. The highest BCUT2D eigenvalue weighted by atomic mass is 16.5. The first-order chi connectivity index (χ1) is 10.7. The first kappa shape index (κ1) is 16.0. The summed E-state index contributed by atoms with van der Waals surface area (Å²) in [5, 5.41) is 11.6. The molecule has 0 fully saturated rings. The molecule has 1 unspecified atom stereocenters. The molecule has 2 rings (SSSR count). The molecular weight excluding hydrogens is 278 g/mol. The second-order valence-corrected chi connectivity index (χ2v) is 5.21. The van der Waals surface area contributed by atoms with Gasteiger partial charge in [0.15, 0.2) is 6.61 Å². The maximum absolute atomic E-state index is 11.7. The molecule has 0 aliphatic rings. The molecule has 2 aromatic carbocycles. The largest absolute Gasteiger partial charge is 0.483 e. The fraction of sp³-hybridized carbons (Fsp3) is 0.278. The molecule has 0 saturated carbocycles. The molecule has 2 aromatic rings. The number of hydrogen-bond acceptors (Lipinski definition) is 3. The molecule has 0 radical (unpaired) electrons. The fourth-order valence-corrected chi connectivity index (χ4v) is 2.11. The van der Waals surface area contributed by atoms with Gasteiger partial charge in [-0.3, -0.25) is 4.79 Å². The van der Waals surface area contributed by atoms with Crippen molar-refractivity contribution in [2.45, 2.75) is 19.4 Å². The topological polar surface area (TPSA) is 58.6 Å². The van der Waals surface area contributed by atoms with Crippen LogP contribution < -0.4 is 10.1 Å². The van der Waals surface area contributed by atoms with Crippen molar-refractivity contribution in [3.8, 4) is 5.75 Å². The van der Waals surface area contributed by atoms with Crippen LogP contribution in [0.1, 0.15) is 18.1 Å². The minimum Gasteiger partial charge on any atom is -0.483 e. The van der Waals surface area contributed by atoms with Gasteiger partial charge >= 0.3 is 0 Å². The summed E-state index contributed by atoms with van der Waals surface area (Å²) in [4.78, 5) is 11.7. The van der Waals surface area contributed by atoms with Crippen molar-refractivity contribution >= 4 is 5.91 Å². The maximum atomic E-state index is 11.7. The quantitative estimate of drug-likeness (QED) is 0.823. The van der Waals surface area contributed by atoms with Gasteiger partial charge in [-0.15, -0.1) is 0 Å². The van der Waals surface area contributed by atoms with Crippen LogP contribution in [0.15, 0.2) is 54.6 Å². The Morgan fingerprint density at radius 2 is 1.82 bits per heavy atom. The third kappa shape index (κ3) is 4.90. The first-order valence-corrected chi connectivity index (χ1v) is 7.34. The van der Waals surface area contributed by atoms with Crippen molar-refractivity contribution in [1.29, 1.82) is 0 Å². The van der Waals surface area contributed by atoms with Crippen LogP contribution in [0.2, 0.25) is 0 Å². The summed E-state index contributed by atoms with van der Waals surface area (Å²) in [7, 11) is 0. The van der Waals surface area contributed by atoms with E-state index in [4.69, 9.17) is 9.84 Å². The van der Waals surface area contributed by atoms with Gasteiger partial charge in [0.05, 0.1) is 6.61 Å². The Hall–Kier alpha value is -2.33. The minimum atomic E-state index is -0.268. The molecule has 0 aliphatic heterocycles. The van der Waals surface area contributed by atoms with Crippen LogP contribution >= 0.6 is 0 Å². The number of benzene rings is 2. The Labute approximate surface area is 130 Å². The number of rotatable bonds is 7. The molecular formula is C18H21NO3. The Balaban J connectivity index is 1.98. The molecule has 4 heteroatoms. The van der Waals surface area contributed by atoms with E-state index in [2.05, 4.69) is 17.4 Å². The van der Waals surface area contributed by atoms with Crippen LogP contribution in [0.3, 0.4) is 0 Å². The lowest BCUT2D eigenvalue weighted by molar-refractivity contribution is -0.124. The van der Waals surface area contributed by atoms with Crippen molar-refractivity contribution in [2.75, 3.05) is 13.2 Å². The third-order valence-electron chi connectivity index (χ3n) is 3.25. The number of carbonyl (C=O) groups is 1. The molecule has 0 aliphatic carbocycles. The molecule has 0 spiro atoms. The molecule has 0 bridgehead atoms. The Morgan fingerprint density at radius 1 is 1.14 bits per heavy atom. The lowest BCUT2D eigenvalue weighted by atomic mass is 10.0. The highest BCUT2D eigenvalue weighted by Gasteiger charge is 2.09. The van der Waals surface area contributed by atoms with Crippen molar-refractivity contribution in [1.82, 2.24) is 5.32 Å². The summed E-state index contributed by atoms with van der Waals surface area (Å²) < 4.78 is 5.62. The minimum absolute atomic E-state index is 0.0594. The number of para-hydroxylation sites is 1. The monoisotopic (exact) mass is 299 g/mol. The van der Waals surface area contributed by atoms with Crippen molar-refractivity contribution in [2.24, 2.45) is 0 Å². The summed E-state index contributed by atoms with van der Waals surface area (Å²) in [6.07, 6.45) is 0.756. The van der Waals surface area contributed by atoms with E-state index in [1.807, 2.05) is 42.5 Å². The predicted molar refractivity (Wildman–Crippen MR) is 85.9 cm³/mol. The number of nitrogens with one attached hydrogen (secondary N) is 1. The predicted octanol–water partition coefficient (Wildman–Crippen LogP) is 2.15. The van der Waals surface area contributed by atoms with Crippen LogP contribution in [-0.2, 0) is 11.2 Å². The van der Waals surface area contributed by atoms with Crippen LogP contribution in [0.25, 0.3) is 0 Å². The molecule has 0 heterocycles. The summed E-state index contributed by atoms with van der Waals surface area (Å²) in [6.45, 7) is 1.59. The second kappa shape index (κ2) is 8.20. The lowest BCUT2D eigenvalue weighted by Gasteiger charge is -2.13. The molecule has 1 amide bonds. The van der Waals surface area contributed by atoms with Gasteiger partial charge in [-0.05, 0) is 24.1 Å². The SMILES string of the molecule is CC(CO)NC(=O)COc1ccccc1Cc1ccccc1. The first-order valence-electron chi connectivity index (χ1n) is 7.34. The van der Waals surface area contributed by atoms with E-state index in [1.165, 1.54) is 5.56 Å². The van der Waals surface area contributed by atoms with Crippen LogP contribution in [0.4, 0.5) is 0 Å². The number of aliphatic hydroxyl groups is 1. The summed E-state index contributed by atoms with van der Waals surface area (Å²) in [6, 6.07) is 17.5. The maximum Gasteiger partial charge on any atom is 0.258 e.